The van der Waals surface area contributed by atoms with E-state index in [0.717, 1.165) is 33.4 Å². The fraction of sp³-hybridized carbons (Fsp3) is 0.0455. The highest BCUT2D eigenvalue weighted by molar-refractivity contribution is 7.14. The van der Waals surface area contributed by atoms with Gasteiger partial charge in [0.2, 0.25) is 5.13 Å². The minimum Gasteiger partial charge on any atom is -0.255 e. The third-order valence-corrected chi connectivity index (χ3v) is 4.78. The van der Waals surface area contributed by atoms with Gasteiger partial charge in [-0.3, -0.25) is 10.4 Å². The molecule has 0 saturated heterocycles. The van der Waals surface area contributed by atoms with E-state index in [1.165, 1.54) is 16.9 Å². The van der Waals surface area contributed by atoms with Crippen LogP contribution in [0.2, 0.25) is 0 Å². The second-order valence-electron chi connectivity index (χ2n) is 6.06. The number of thiazole rings is 1. The van der Waals surface area contributed by atoms with E-state index in [1.54, 1.807) is 6.20 Å². The maximum Gasteiger partial charge on any atom is 0.203 e. The molecule has 2 aromatic heterocycles. The van der Waals surface area contributed by atoms with Crippen molar-refractivity contribution < 1.29 is 0 Å². The third-order valence-electron chi connectivity index (χ3n) is 4.04. The average molecular weight is 370 g/mol. The number of aryl methyl sites for hydroxylation is 1. The quantitative estimate of drug-likeness (QED) is 0.379. The lowest BCUT2D eigenvalue weighted by atomic mass is 10.1. The van der Waals surface area contributed by atoms with Gasteiger partial charge < -0.3 is 0 Å². The predicted octanol–water partition coefficient (Wildman–Crippen LogP) is 5.38. The molecule has 0 atom stereocenters. The lowest BCUT2D eigenvalue weighted by Crippen LogP contribution is -2.08. The van der Waals surface area contributed by atoms with Gasteiger partial charge in [-0.1, -0.05) is 60.2 Å². The molecule has 27 heavy (non-hydrogen) atoms. The third kappa shape index (κ3) is 4.10. The molecule has 1 N–H and O–H groups in total. The Bertz CT molecular complexity index is 1010. The molecule has 0 bridgehead atoms. The van der Waals surface area contributed by atoms with Crippen molar-refractivity contribution >= 4 is 22.2 Å². The summed E-state index contributed by atoms with van der Waals surface area (Å²) < 4.78 is 0. The average Bonchev–Trinajstić information content (AvgIpc) is 3.19. The standard InChI is InChI=1S/C22H18N4S/c1-16-8-7-11-18(14-16)20-15-27-22(24-20)26-25-21(17-9-3-2-4-10-17)19-12-5-6-13-23-19/h2-15H,1H3,(H,24,26). The van der Waals surface area contributed by atoms with Crippen molar-refractivity contribution in [2.45, 2.75) is 6.92 Å². The first-order valence-corrected chi connectivity index (χ1v) is 9.51. The monoisotopic (exact) mass is 370 g/mol. The van der Waals surface area contributed by atoms with Crippen LogP contribution in [0.1, 0.15) is 16.8 Å². The minimum atomic E-state index is 0.746. The van der Waals surface area contributed by atoms with E-state index < -0.39 is 0 Å². The second kappa shape index (κ2) is 7.93. The van der Waals surface area contributed by atoms with Crippen molar-refractivity contribution in [3.63, 3.8) is 0 Å². The number of benzene rings is 2. The summed E-state index contributed by atoms with van der Waals surface area (Å²) in [4.78, 5) is 9.10. The Morgan fingerprint density at radius 1 is 0.963 bits per heavy atom. The molecule has 0 spiro atoms. The van der Waals surface area contributed by atoms with Gasteiger partial charge in [-0.15, -0.1) is 11.3 Å². The van der Waals surface area contributed by atoms with Crippen LogP contribution in [-0.2, 0) is 0 Å². The lowest BCUT2D eigenvalue weighted by Gasteiger charge is -2.06. The number of rotatable bonds is 5. The van der Waals surface area contributed by atoms with E-state index in [0.29, 0.717) is 0 Å². The van der Waals surface area contributed by atoms with Gasteiger partial charge >= 0.3 is 0 Å². The molecule has 5 heteroatoms. The van der Waals surface area contributed by atoms with Gasteiger partial charge in [0.25, 0.3) is 0 Å². The number of hydrazone groups is 1. The van der Waals surface area contributed by atoms with Crippen LogP contribution in [0.25, 0.3) is 11.3 Å². The van der Waals surface area contributed by atoms with E-state index >= 15 is 0 Å². The van der Waals surface area contributed by atoms with Crippen molar-refractivity contribution in [1.82, 2.24) is 9.97 Å². The molecular weight excluding hydrogens is 352 g/mol. The Balaban J connectivity index is 1.63. The first kappa shape index (κ1) is 17.1. The maximum absolute atomic E-state index is 4.66. The molecule has 0 amide bonds. The van der Waals surface area contributed by atoms with Crippen LogP contribution in [0, 0.1) is 6.92 Å². The first-order chi connectivity index (χ1) is 13.3. The second-order valence-corrected chi connectivity index (χ2v) is 6.92. The van der Waals surface area contributed by atoms with Crippen LogP contribution in [0.5, 0.6) is 0 Å². The molecule has 0 unspecified atom stereocenters. The van der Waals surface area contributed by atoms with Crippen LogP contribution < -0.4 is 5.43 Å². The van der Waals surface area contributed by atoms with Crippen LogP contribution in [0.4, 0.5) is 5.13 Å². The van der Waals surface area contributed by atoms with Crippen LogP contribution in [-0.4, -0.2) is 15.7 Å². The molecular formula is C22H18N4S. The molecule has 0 aliphatic heterocycles. The highest BCUT2D eigenvalue weighted by Gasteiger charge is 2.09. The van der Waals surface area contributed by atoms with Gasteiger partial charge in [0.05, 0.1) is 11.4 Å². The van der Waals surface area contributed by atoms with Crippen LogP contribution in [0.3, 0.4) is 0 Å². The number of nitrogens with zero attached hydrogens (tertiary/aromatic N) is 3. The summed E-state index contributed by atoms with van der Waals surface area (Å²) in [7, 11) is 0. The Kier molecular flexibility index (Phi) is 5.03. The van der Waals surface area contributed by atoms with Gasteiger partial charge in [-0.05, 0) is 25.1 Å². The van der Waals surface area contributed by atoms with Crippen molar-refractivity contribution in [2.75, 3.05) is 5.43 Å². The zero-order valence-electron chi connectivity index (χ0n) is 14.8. The van der Waals surface area contributed by atoms with Gasteiger partial charge in [-0.25, -0.2) is 4.98 Å². The molecule has 4 aromatic rings. The summed E-state index contributed by atoms with van der Waals surface area (Å²) in [6, 6.07) is 24.2. The number of anilines is 1. The molecule has 4 nitrogen and oxygen atoms in total. The number of nitrogens with one attached hydrogen (secondary N) is 1. The first-order valence-electron chi connectivity index (χ1n) is 8.63. The van der Waals surface area contributed by atoms with E-state index in [9.17, 15) is 0 Å². The van der Waals surface area contributed by atoms with Gasteiger partial charge in [-0.2, -0.15) is 5.10 Å². The number of hydrogen-bond donors (Lipinski definition) is 1. The van der Waals surface area contributed by atoms with E-state index in [1.807, 2.05) is 60.0 Å². The zero-order chi connectivity index (χ0) is 18.5. The van der Waals surface area contributed by atoms with Crippen LogP contribution in [0.15, 0.2) is 89.5 Å². The summed E-state index contributed by atoms with van der Waals surface area (Å²) in [5.41, 5.74) is 8.96. The summed E-state index contributed by atoms with van der Waals surface area (Å²) in [5, 5.41) is 7.39. The number of pyridine rings is 1. The molecule has 0 aliphatic carbocycles. The van der Waals surface area contributed by atoms with Crippen molar-refractivity contribution in [1.29, 1.82) is 0 Å². The maximum atomic E-state index is 4.66. The highest BCUT2D eigenvalue weighted by atomic mass is 32.1. The molecule has 2 aromatic carbocycles. The predicted molar refractivity (Wildman–Crippen MR) is 112 cm³/mol. The summed E-state index contributed by atoms with van der Waals surface area (Å²) in [5.74, 6) is 0. The van der Waals surface area contributed by atoms with E-state index in [4.69, 9.17) is 0 Å². The molecule has 0 aliphatic rings. The number of aromatic nitrogens is 2. The normalized spacial score (nSPS) is 11.4. The summed E-state index contributed by atoms with van der Waals surface area (Å²) >= 11 is 1.53. The van der Waals surface area contributed by atoms with Gasteiger partial charge in [0.15, 0.2) is 0 Å². The fourth-order valence-corrected chi connectivity index (χ4v) is 3.40. The molecule has 0 fully saturated rings. The molecule has 132 valence electrons. The molecule has 4 rings (SSSR count). The lowest BCUT2D eigenvalue weighted by molar-refractivity contribution is 1.24. The Morgan fingerprint density at radius 2 is 1.81 bits per heavy atom. The Labute approximate surface area is 162 Å². The van der Waals surface area contributed by atoms with Crippen molar-refractivity contribution in [3.05, 3.63) is 101 Å². The number of hydrogen-bond acceptors (Lipinski definition) is 5. The molecule has 2 heterocycles. The minimum absolute atomic E-state index is 0.746. The van der Waals surface area contributed by atoms with E-state index in [2.05, 4.69) is 45.6 Å². The summed E-state index contributed by atoms with van der Waals surface area (Å²) in [6.45, 7) is 2.08. The van der Waals surface area contributed by atoms with Crippen molar-refractivity contribution in [2.24, 2.45) is 5.10 Å². The summed E-state index contributed by atoms with van der Waals surface area (Å²) in [6.07, 6.45) is 1.77. The SMILES string of the molecule is Cc1cccc(-c2csc(NN=C(c3ccccc3)c3ccccn3)n2)c1. The van der Waals surface area contributed by atoms with Gasteiger partial charge in [0, 0.05) is 22.7 Å². The molecule has 0 saturated carbocycles. The fourth-order valence-electron chi connectivity index (χ4n) is 2.73. The van der Waals surface area contributed by atoms with E-state index in [-0.39, 0.29) is 0 Å². The highest BCUT2D eigenvalue weighted by Crippen LogP contribution is 2.25. The van der Waals surface area contributed by atoms with Crippen molar-refractivity contribution in [3.8, 4) is 11.3 Å². The Hall–Kier alpha value is -3.31. The smallest absolute Gasteiger partial charge is 0.203 e. The zero-order valence-corrected chi connectivity index (χ0v) is 15.6. The largest absolute Gasteiger partial charge is 0.255 e. The van der Waals surface area contributed by atoms with Crippen LogP contribution >= 0.6 is 11.3 Å². The topological polar surface area (TPSA) is 50.2 Å². The van der Waals surface area contributed by atoms with Gasteiger partial charge in [0.1, 0.15) is 5.71 Å². The Morgan fingerprint density at radius 3 is 2.59 bits per heavy atom. The molecule has 0 radical (unpaired) electrons.